The van der Waals surface area contributed by atoms with Gasteiger partial charge in [0.15, 0.2) is 0 Å². The number of nitrogens with zero attached hydrogens (tertiary/aromatic N) is 1. The fourth-order valence-corrected chi connectivity index (χ4v) is 0.744. The molecule has 0 bridgehead atoms. The molecular weight excluding hydrogens is 174 g/mol. The highest BCUT2D eigenvalue weighted by Gasteiger charge is 2.01. The molecule has 0 saturated heterocycles. The fraction of sp³-hybridized carbons (Fsp3) is 0.800. The SMILES string of the molecule is C[N+]1=CCCC1.[O-][Cl+3]([O-])([O-])[O-]. The maximum Gasteiger partial charge on any atom is 0.142 e. The molecule has 1 aliphatic heterocycles. The van der Waals surface area contributed by atoms with Crippen LogP contribution in [0.15, 0.2) is 0 Å². The third kappa shape index (κ3) is 12.9. The van der Waals surface area contributed by atoms with E-state index in [1.165, 1.54) is 19.4 Å². The lowest BCUT2D eigenvalue weighted by Gasteiger charge is -2.17. The molecule has 5 nitrogen and oxygen atoms in total. The first-order chi connectivity index (χ1) is 4.89. The highest BCUT2D eigenvalue weighted by atomic mass is 35.7. The summed E-state index contributed by atoms with van der Waals surface area (Å²) in [5, 5.41) is 0. The molecule has 0 amide bonds. The van der Waals surface area contributed by atoms with Crippen molar-refractivity contribution in [3.63, 3.8) is 0 Å². The Balaban J connectivity index is 0.000000187. The second kappa shape index (κ2) is 4.63. The van der Waals surface area contributed by atoms with Crippen molar-refractivity contribution in [2.75, 3.05) is 13.6 Å². The molecule has 11 heavy (non-hydrogen) atoms. The number of hydrogen-bond acceptors (Lipinski definition) is 4. The standard InChI is InChI=1S/C5H10N.ClHO4/c1-6-4-2-3-5-6;2-1(3,4)5/h4H,2-3,5H2,1H3;(H,2,3,4,5)/q+1;/p-1. The van der Waals surface area contributed by atoms with Crippen molar-refractivity contribution in [1.82, 2.24) is 0 Å². The third-order valence-electron chi connectivity index (χ3n) is 1.16. The number of halogens is 1. The Morgan fingerprint density at radius 2 is 1.73 bits per heavy atom. The molecule has 0 saturated carbocycles. The van der Waals surface area contributed by atoms with Gasteiger partial charge in [-0.1, -0.05) is 0 Å². The molecule has 0 aromatic heterocycles. The van der Waals surface area contributed by atoms with Crippen molar-refractivity contribution in [1.29, 1.82) is 0 Å². The van der Waals surface area contributed by atoms with Gasteiger partial charge in [-0.3, -0.25) is 0 Å². The molecule has 0 aromatic carbocycles. The van der Waals surface area contributed by atoms with Crippen molar-refractivity contribution in [2.24, 2.45) is 0 Å². The van der Waals surface area contributed by atoms with E-state index in [0.717, 1.165) is 0 Å². The topological polar surface area (TPSA) is 95.2 Å². The van der Waals surface area contributed by atoms with Crippen LogP contribution < -0.4 is 18.6 Å². The van der Waals surface area contributed by atoms with Crippen LogP contribution in [0.3, 0.4) is 0 Å². The molecule has 0 aromatic rings. The van der Waals surface area contributed by atoms with Crippen molar-refractivity contribution >= 4 is 6.21 Å². The zero-order valence-corrected chi connectivity index (χ0v) is 6.91. The minimum absolute atomic E-state index is 1.26. The van der Waals surface area contributed by atoms with Crippen molar-refractivity contribution in [3.05, 3.63) is 0 Å². The lowest BCUT2D eigenvalue weighted by atomic mass is 10.4. The molecule has 0 fully saturated rings. The van der Waals surface area contributed by atoms with Gasteiger partial charge in [-0.2, -0.15) is 0 Å². The Bertz CT molecular complexity index is 136. The summed E-state index contributed by atoms with van der Waals surface area (Å²) in [6.45, 7) is 1.26. The average molecular weight is 184 g/mol. The first-order valence-corrected chi connectivity index (χ1v) is 4.28. The summed E-state index contributed by atoms with van der Waals surface area (Å²) in [5.41, 5.74) is 0. The molecule has 0 atom stereocenters. The van der Waals surface area contributed by atoms with E-state index in [0.29, 0.717) is 0 Å². The monoisotopic (exact) mass is 183 g/mol. The first-order valence-electron chi connectivity index (χ1n) is 3.05. The highest BCUT2D eigenvalue weighted by molar-refractivity contribution is 5.52. The minimum Gasteiger partial charge on any atom is -0.242 e. The van der Waals surface area contributed by atoms with Crippen LogP contribution in [0.2, 0.25) is 0 Å². The Hall–Kier alpha value is -0.200. The molecule has 0 unspecified atom stereocenters. The lowest BCUT2D eigenvalue weighted by molar-refractivity contribution is -2.00. The van der Waals surface area contributed by atoms with Crippen LogP contribution in [-0.2, 0) is 0 Å². The van der Waals surface area contributed by atoms with Gasteiger partial charge in [-0.05, 0) is 0 Å². The zero-order valence-electron chi connectivity index (χ0n) is 6.16. The average Bonchev–Trinajstić information content (AvgIpc) is 2.12. The van der Waals surface area contributed by atoms with Gasteiger partial charge in [-0.15, -0.1) is 10.2 Å². The van der Waals surface area contributed by atoms with Crippen molar-refractivity contribution < 1.29 is 33.5 Å². The van der Waals surface area contributed by atoms with Gasteiger partial charge < -0.3 is 0 Å². The van der Waals surface area contributed by atoms with Gasteiger partial charge in [0.25, 0.3) is 0 Å². The highest BCUT2D eigenvalue weighted by Crippen LogP contribution is 1.91. The predicted octanol–water partition coefficient (Wildman–Crippen LogP) is -4.26. The molecule has 0 N–H and O–H groups in total. The van der Waals surface area contributed by atoms with E-state index in [1.807, 2.05) is 0 Å². The molecule has 0 radical (unpaired) electrons. The molecule has 6 heteroatoms. The molecular formula is C5H10ClNO4. The molecule has 1 heterocycles. The lowest BCUT2D eigenvalue weighted by Crippen LogP contribution is -2.68. The molecule has 1 rings (SSSR count). The Morgan fingerprint density at radius 1 is 1.27 bits per heavy atom. The summed E-state index contributed by atoms with van der Waals surface area (Å²) >= 11 is 0. The quantitative estimate of drug-likeness (QED) is 0.355. The van der Waals surface area contributed by atoms with Crippen LogP contribution in [0.5, 0.6) is 0 Å². The van der Waals surface area contributed by atoms with Gasteiger partial charge >= 0.3 is 0 Å². The minimum atomic E-state index is -4.94. The second-order valence-electron chi connectivity index (χ2n) is 2.18. The van der Waals surface area contributed by atoms with Crippen LogP contribution in [0.4, 0.5) is 0 Å². The molecule has 66 valence electrons. The number of rotatable bonds is 0. The van der Waals surface area contributed by atoms with E-state index >= 15 is 0 Å². The van der Waals surface area contributed by atoms with E-state index in [2.05, 4.69) is 17.8 Å². The summed E-state index contributed by atoms with van der Waals surface area (Å²) in [4.78, 5) is 0. The van der Waals surface area contributed by atoms with Crippen LogP contribution in [0, 0.1) is 10.2 Å². The maximum atomic E-state index is 8.49. The van der Waals surface area contributed by atoms with Gasteiger partial charge in [-0.25, -0.2) is 23.2 Å². The summed E-state index contributed by atoms with van der Waals surface area (Å²) in [6.07, 6.45) is 4.88. The van der Waals surface area contributed by atoms with Gasteiger partial charge in [0.05, 0.1) is 0 Å². The fourth-order valence-electron chi connectivity index (χ4n) is 0.744. The molecule has 0 spiro atoms. The smallest absolute Gasteiger partial charge is 0.142 e. The van der Waals surface area contributed by atoms with E-state index in [-0.39, 0.29) is 0 Å². The predicted molar refractivity (Wildman–Crippen MR) is 26.3 cm³/mol. The maximum absolute atomic E-state index is 8.49. The summed E-state index contributed by atoms with van der Waals surface area (Å²) in [6, 6.07) is 0. The van der Waals surface area contributed by atoms with Crippen LogP contribution in [0.25, 0.3) is 0 Å². The van der Waals surface area contributed by atoms with E-state index in [1.54, 1.807) is 0 Å². The van der Waals surface area contributed by atoms with Crippen molar-refractivity contribution in [3.8, 4) is 0 Å². The summed E-state index contributed by atoms with van der Waals surface area (Å²) in [5.74, 6) is 0. The zero-order chi connectivity index (χ0) is 8.91. The molecule has 1 aliphatic rings. The summed E-state index contributed by atoms with van der Waals surface area (Å²) < 4.78 is 36.2. The first kappa shape index (κ1) is 10.8. The third-order valence-corrected chi connectivity index (χ3v) is 1.16. The number of hydrogen-bond donors (Lipinski definition) is 0. The van der Waals surface area contributed by atoms with Crippen molar-refractivity contribution in [2.45, 2.75) is 12.8 Å². The Labute approximate surface area is 66.9 Å². The van der Waals surface area contributed by atoms with Gasteiger partial charge in [0.2, 0.25) is 0 Å². The summed E-state index contributed by atoms with van der Waals surface area (Å²) in [7, 11) is -2.83. The van der Waals surface area contributed by atoms with Crippen LogP contribution >= 0.6 is 0 Å². The Morgan fingerprint density at radius 3 is 1.82 bits per heavy atom. The van der Waals surface area contributed by atoms with Crippen LogP contribution in [0.1, 0.15) is 12.8 Å². The van der Waals surface area contributed by atoms with E-state index in [4.69, 9.17) is 18.6 Å². The van der Waals surface area contributed by atoms with Gasteiger partial charge in [0.1, 0.15) is 19.8 Å². The largest absolute Gasteiger partial charge is 0.242 e. The molecule has 0 aliphatic carbocycles. The van der Waals surface area contributed by atoms with E-state index in [9.17, 15) is 0 Å². The normalized spacial score (nSPS) is 17.0. The van der Waals surface area contributed by atoms with E-state index < -0.39 is 10.2 Å². The van der Waals surface area contributed by atoms with Gasteiger partial charge in [0, 0.05) is 12.8 Å². The Kier molecular flexibility index (Phi) is 4.55. The second-order valence-corrected chi connectivity index (χ2v) is 2.94. The van der Waals surface area contributed by atoms with Crippen LogP contribution in [-0.4, -0.2) is 24.4 Å².